The molecule has 0 aliphatic carbocycles. The summed E-state index contributed by atoms with van der Waals surface area (Å²) in [6.07, 6.45) is 4.99. The number of amides is 1. The monoisotopic (exact) mass is 289 g/mol. The fraction of sp³-hybridized carbons (Fsp3) is 0.375. The second-order valence-electron chi connectivity index (χ2n) is 4.66. The van der Waals surface area contributed by atoms with Crippen LogP contribution in [0.5, 0.6) is 5.75 Å². The molecular formula is C16H19NO4. The van der Waals surface area contributed by atoms with Gasteiger partial charge in [0.05, 0.1) is 6.54 Å². The molecule has 0 spiro atoms. The summed E-state index contributed by atoms with van der Waals surface area (Å²) in [6.45, 7) is 5.31. The van der Waals surface area contributed by atoms with Crippen LogP contribution in [0, 0.1) is 33.1 Å². The Balaban J connectivity index is 2.44. The van der Waals surface area contributed by atoms with Gasteiger partial charge in [0.2, 0.25) is 0 Å². The Morgan fingerprint density at radius 3 is 2.38 bits per heavy atom. The molecule has 0 radical (unpaired) electrons. The van der Waals surface area contributed by atoms with Gasteiger partial charge in [0.1, 0.15) is 5.75 Å². The van der Waals surface area contributed by atoms with Crippen molar-refractivity contribution in [2.75, 3.05) is 19.8 Å². The van der Waals surface area contributed by atoms with Gasteiger partial charge in [-0.2, -0.15) is 0 Å². The van der Waals surface area contributed by atoms with Gasteiger partial charge in [0.25, 0.3) is 5.91 Å². The minimum atomic E-state index is -0.606. The Hall–Kier alpha value is -2.48. The summed E-state index contributed by atoms with van der Waals surface area (Å²) in [7, 11) is 0. The lowest BCUT2D eigenvalue weighted by molar-refractivity contribution is -0.150. The minimum absolute atomic E-state index is 0.106. The first-order valence-corrected chi connectivity index (χ1v) is 6.50. The molecule has 0 unspecified atom stereocenters. The number of esters is 1. The first kappa shape index (κ1) is 16.6. The summed E-state index contributed by atoms with van der Waals surface area (Å²) in [5.41, 5.74) is 3.03. The summed E-state index contributed by atoms with van der Waals surface area (Å²) < 4.78 is 10.2. The SMILES string of the molecule is C#CCNC(=O)COC(=O)COc1c(C)cc(C)cc1C. The van der Waals surface area contributed by atoms with Crippen LogP contribution >= 0.6 is 0 Å². The van der Waals surface area contributed by atoms with E-state index < -0.39 is 11.9 Å². The molecule has 5 heteroatoms. The number of hydrogen-bond acceptors (Lipinski definition) is 4. The number of benzene rings is 1. The predicted molar refractivity (Wildman–Crippen MR) is 78.9 cm³/mol. The molecule has 0 bridgehead atoms. The average Bonchev–Trinajstić information content (AvgIpc) is 2.41. The van der Waals surface area contributed by atoms with Crippen molar-refractivity contribution in [1.29, 1.82) is 0 Å². The van der Waals surface area contributed by atoms with Crippen molar-refractivity contribution >= 4 is 11.9 Å². The molecular weight excluding hydrogens is 270 g/mol. The molecule has 1 aromatic rings. The van der Waals surface area contributed by atoms with Crippen LogP contribution in [0.1, 0.15) is 16.7 Å². The molecule has 0 saturated carbocycles. The molecule has 5 nitrogen and oxygen atoms in total. The normalized spacial score (nSPS) is 9.62. The second-order valence-corrected chi connectivity index (χ2v) is 4.66. The van der Waals surface area contributed by atoms with Crippen LogP contribution in [0.4, 0.5) is 0 Å². The summed E-state index contributed by atoms with van der Waals surface area (Å²) in [6, 6.07) is 3.95. The molecule has 1 rings (SSSR count). The zero-order chi connectivity index (χ0) is 15.8. The zero-order valence-corrected chi connectivity index (χ0v) is 12.5. The van der Waals surface area contributed by atoms with E-state index in [1.54, 1.807) is 0 Å². The van der Waals surface area contributed by atoms with Crippen LogP contribution in [0.3, 0.4) is 0 Å². The van der Waals surface area contributed by atoms with Crippen LogP contribution in [0.25, 0.3) is 0 Å². The molecule has 0 atom stereocenters. The second kappa shape index (κ2) is 7.95. The molecule has 1 N–H and O–H groups in total. The average molecular weight is 289 g/mol. The van der Waals surface area contributed by atoms with Crippen molar-refractivity contribution in [2.24, 2.45) is 0 Å². The Morgan fingerprint density at radius 1 is 1.19 bits per heavy atom. The highest BCUT2D eigenvalue weighted by molar-refractivity contribution is 5.81. The van der Waals surface area contributed by atoms with E-state index in [4.69, 9.17) is 15.9 Å². The van der Waals surface area contributed by atoms with Gasteiger partial charge in [-0.25, -0.2) is 4.79 Å². The lowest BCUT2D eigenvalue weighted by Crippen LogP contribution is -2.30. The summed E-state index contributed by atoms with van der Waals surface area (Å²) >= 11 is 0. The molecule has 0 heterocycles. The van der Waals surface area contributed by atoms with Gasteiger partial charge in [-0.05, 0) is 31.9 Å². The maximum absolute atomic E-state index is 11.5. The topological polar surface area (TPSA) is 64.6 Å². The van der Waals surface area contributed by atoms with E-state index >= 15 is 0 Å². The smallest absolute Gasteiger partial charge is 0.344 e. The first-order valence-electron chi connectivity index (χ1n) is 6.50. The lowest BCUT2D eigenvalue weighted by Gasteiger charge is -2.12. The van der Waals surface area contributed by atoms with Crippen LogP contribution in [-0.2, 0) is 14.3 Å². The third kappa shape index (κ3) is 5.57. The Kier molecular flexibility index (Phi) is 6.28. The molecule has 0 aromatic heterocycles. The van der Waals surface area contributed by atoms with Gasteiger partial charge >= 0.3 is 5.97 Å². The van der Waals surface area contributed by atoms with Crippen molar-refractivity contribution in [2.45, 2.75) is 20.8 Å². The highest BCUT2D eigenvalue weighted by atomic mass is 16.6. The molecule has 21 heavy (non-hydrogen) atoms. The molecule has 1 aromatic carbocycles. The van der Waals surface area contributed by atoms with E-state index in [0.29, 0.717) is 5.75 Å². The minimum Gasteiger partial charge on any atom is -0.481 e. The van der Waals surface area contributed by atoms with Crippen molar-refractivity contribution in [3.8, 4) is 18.1 Å². The van der Waals surface area contributed by atoms with E-state index in [9.17, 15) is 9.59 Å². The van der Waals surface area contributed by atoms with Crippen molar-refractivity contribution in [1.82, 2.24) is 5.32 Å². The fourth-order valence-electron chi connectivity index (χ4n) is 1.91. The first-order chi connectivity index (χ1) is 9.93. The molecule has 0 aliphatic heterocycles. The Bertz CT molecular complexity index is 549. The van der Waals surface area contributed by atoms with Gasteiger partial charge in [-0.1, -0.05) is 23.6 Å². The van der Waals surface area contributed by atoms with Crippen molar-refractivity contribution < 1.29 is 19.1 Å². The molecule has 0 fully saturated rings. The Morgan fingerprint density at radius 2 is 1.81 bits per heavy atom. The van der Waals surface area contributed by atoms with Crippen LogP contribution in [-0.4, -0.2) is 31.6 Å². The maximum atomic E-state index is 11.5. The van der Waals surface area contributed by atoms with E-state index in [2.05, 4.69) is 11.2 Å². The number of carbonyl (C=O) groups excluding carboxylic acids is 2. The lowest BCUT2D eigenvalue weighted by atomic mass is 10.1. The highest BCUT2D eigenvalue weighted by Gasteiger charge is 2.10. The van der Waals surface area contributed by atoms with Gasteiger partial charge < -0.3 is 14.8 Å². The van der Waals surface area contributed by atoms with E-state index in [-0.39, 0.29) is 19.8 Å². The quantitative estimate of drug-likeness (QED) is 0.633. The molecule has 0 aliphatic rings. The third-order valence-electron chi connectivity index (χ3n) is 2.69. The van der Waals surface area contributed by atoms with E-state index in [1.807, 2.05) is 32.9 Å². The fourth-order valence-corrected chi connectivity index (χ4v) is 1.91. The van der Waals surface area contributed by atoms with Gasteiger partial charge in [-0.3, -0.25) is 4.79 Å². The number of terminal acetylenes is 1. The summed E-state index contributed by atoms with van der Waals surface area (Å²) in [5, 5.41) is 2.39. The van der Waals surface area contributed by atoms with Crippen LogP contribution in [0.2, 0.25) is 0 Å². The molecule has 0 saturated heterocycles. The standard InChI is InChI=1S/C16H19NO4/c1-5-6-17-14(18)9-20-15(19)10-21-16-12(3)7-11(2)8-13(16)4/h1,7-8H,6,9-10H2,2-4H3,(H,17,18). The number of hydrogen-bond donors (Lipinski definition) is 1. The van der Waals surface area contributed by atoms with Crippen LogP contribution < -0.4 is 10.1 Å². The molecule has 1 amide bonds. The zero-order valence-electron chi connectivity index (χ0n) is 12.5. The van der Waals surface area contributed by atoms with Gasteiger partial charge in [0, 0.05) is 0 Å². The van der Waals surface area contributed by atoms with Gasteiger partial charge in [0.15, 0.2) is 13.2 Å². The van der Waals surface area contributed by atoms with Crippen molar-refractivity contribution in [3.05, 3.63) is 28.8 Å². The number of aryl methyl sites for hydroxylation is 3. The number of nitrogens with one attached hydrogen (secondary N) is 1. The molecule has 112 valence electrons. The largest absolute Gasteiger partial charge is 0.481 e. The summed E-state index contributed by atoms with van der Waals surface area (Å²) in [5.74, 6) is 1.87. The number of rotatable bonds is 6. The van der Waals surface area contributed by atoms with E-state index in [0.717, 1.165) is 16.7 Å². The van der Waals surface area contributed by atoms with Crippen LogP contribution in [0.15, 0.2) is 12.1 Å². The number of ether oxygens (including phenoxy) is 2. The summed E-state index contributed by atoms with van der Waals surface area (Å²) in [4.78, 5) is 22.7. The van der Waals surface area contributed by atoms with Crippen molar-refractivity contribution in [3.63, 3.8) is 0 Å². The van der Waals surface area contributed by atoms with Gasteiger partial charge in [-0.15, -0.1) is 6.42 Å². The Labute approximate surface area is 124 Å². The highest BCUT2D eigenvalue weighted by Crippen LogP contribution is 2.24. The number of carbonyl (C=O) groups is 2. The van der Waals surface area contributed by atoms with E-state index in [1.165, 1.54) is 0 Å². The third-order valence-corrected chi connectivity index (χ3v) is 2.69. The maximum Gasteiger partial charge on any atom is 0.344 e. The predicted octanol–water partition coefficient (Wildman–Crippen LogP) is 1.28.